The summed E-state index contributed by atoms with van der Waals surface area (Å²) >= 11 is 0. The number of nitrogen functional groups attached to an aromatic ring is 1. The van der Waals surface area contributed by atoms with Crippen molar-refractivity contribution in [2.75, 3.05) is 12.3 Å². The molecular formula is C14H24N4O. The lowest BCUT2D eigenvalue weighted by molar-refractivity contribution is -0.0460. The van der Waals surface area contributed by atoms with Gasteiger partial charge in [-0.2, -0.15) is 9.97 Å². The van der Waals surface area contributed by atoms with Crippen molar-refractivity contribution in [2.24, 2.45) is 0 Å². The number of aromatic nitrogens is 3. The van der Waals surface area contributed by atoms with Crippen molar-refractivity contribution in [3.8, 4) is 0 Å². The molecule has 2 N–H and O–H groups in total. The van der Waals surface area contributed by atoms with Crippen LogP contribution in [0, 0.1) is 0 Å². The first-order chi connectivity index (χ1) is 8.87. The van der Waals surface area contributed by atoms with Crippen LogP contribution in [0.15, 0.2) is 0 Å². The van der Waals surface area contributed by atoms with Gasteiger partial charge < -0.3 is 10.5 Å². The standard InChI is InChI=1S/C14H24N4O/c1-5-19-14(8-6-7-9-14)11-16-10(13(2,3)4)17-12(15)18-11/h5-9H2,1-4H3,(H2,15,16,17,18). The lowest BCUT2D eigenvalue weighted by Gasteiger charge is -2.28. The van der Waals surface area contributed by atoms with Gasteiger partial charge in [-0.15, -0.1) is 0 Å². The maximum atomic E-state index is 5.99. The number of hydrogen-bond acceptors (Lipinski definition) is 5. The summed E-state index contributed by atoms with van der Waals surface area (Å²) < 4.78 is 5.99. The molecule has 1 aliphatic rings. The molecule has 0 bridgehead atoms. The van der Waals surface area contributed by atoms with Crippen LogP contribution in [0.3, 0.4) is 0 Å². The predicted molar refractivity (Wildman–Crippen MR) is 74.7 cm³/mol. The summed E-state index contributed by atoms with van der Waals surface area (Å²) in [6, 6.07) is 0. The van der Waals surface area contributed by atoms with Crippen LogP contribution >= 0.6 is 0 Å². The van der Waals surface area contributed by atoms with E-state index in [0.29, 0.717) is 18.4 Å². The molecule has 1 aromatic heterocycles. The molecule has 0 spiro atoms. The summed E-state index contributed by atoms with van der Waals surface area (Å²) in [5.74, 6) is 1.74. The van der Waals surface area contributed by atoms with Crippen molar-refractivity contribution >= 4 is 5.95 Å². The van der Waals surface area contributed by atoms with Crippen molar-refractivity contribution in [3.63, 3.8) is 0 Å². The van der Waals surface area contributed by atoms with Crippen LogP contribution in [0.5, 0.6) is 0 Å². The van der Waals surface area contributed by atoms with E-state index in [0.717, 1.165) is 31.5 Å². The zero-order valence-electron chi connectivity index (χ0n) is 12.4. The number of rotatable bonds is 3. The molecule has 0 amide bonds. The zero-order valence-corrected chi connectivity index (χ0v) is 12.4. The molecule has 1 fully saturated rings. The fraction of sp³-hybridized carbons (Fsp3) is 0.786. The average molecular weight is 264 g/mol. The van der Waals surface area contributed by atoms with E-state index < -0.39 is 0 Å². The summed E-state index contributed by atoms with van der Waals surface area (Å²) in [6.45, 7) is 8.90. The largest absolute Gasteiger partial charge is 0.368 e. The molecular weight excluding hydrogens is 240 g/mol. The normalized spacial score (nSPS) is 18.7. The van der Waals surface area contributed by atoms with E-state index in [1.54, 1.807) is 0 Å². The minimum atomic E-state index is -0.355. The topological polar surface area (TPSA) is 73.9 Å². The lowest BCUT2D eigenvalue weighted by Crippen LogP contribution is -2.31. The summed E-state index contributed by atoms with van der Waals surface area (Å²) in [6.07, 6.45) is 4.23. The molecule has 0 radical (unpaired) electrons. The molecule has 0 saturated heterocycles. The minimum absolute atomic E-state index is 0.141. The van der Waals surface area contributed by atoms with Crippen LogP contribution in [0.4, 0.5) is 5.95 Å². The van der Waals surface area contributed by atoms with Crippen molar-refractivity contribution in [1.82, 2.24) is 15.0 Å². The van der Waals surface area contributed by atoms with Crippen molar-refractivity contribution in [2.45, 2.75) is 64.4 Å². The van der Waals surface area contributed by atoms with Gasteiger partial charge in [0.05, 0.1) is 0 Å². The summed E-state index contributed by atoms with van der Waals surface area (Å²) in [7, 11) is 0. The van der Waals surface area contributed by atoms with E-state index in [2.05, 4.69) is 35.7 Å². The molecule has 19 heavy (non-hydrogen) atoms. The van der Waals surface area contributed by atoms with Crippen LogP contribution in [-0.4, -0.2) is 21.6 Å². The van der Waals surface area contributed by atoms with E-state index in [4.69, 9.17) is 10.5 Å². The third-order valence-electron chi connectivity index (χ3n) is 3.56. The third kappa shape index (κ3) is 2.86. The fourth-order valence-corrected chi connectivity index (χ4v) is 2.59. The molecule has 0 unspecified atom stereocenters. The lowest BCUT2D eigenvalue weighted by atomic mass is 9.95. The molecule has 0 aromatic carbocycles. The van der Waals surface area contributed by atoms with Gasteiger partial charge in [0.1, 0.15) is 11.4 Å². The van der Waals surface area contributed by atoms with Gasteiger partial charge in [-0.25, -0.2) is 4.98 Å². The Morgan fingerprint density at radius 2 is 1.79 bits per heavy atom. The summed E-state index contributed by atoms with van der Waals surface area (Å²) in [4.78, 5) is 13.3. The van der Waals surface area contributed by atoms with Gasteiger partial charge in [0, 0.05) is 12.0 Å². The Bertz CT molecular complexity index is 447. The maximum Gasteiger partial charge on any atom is 0.223 e. The van der Waals surface area contributed by atoms with Crippen LogP contribution in [-0.2, 0) is 15.8 Å². The first-order valence-electron chi connectivity index (χ1n) is 7.04. The van der Waals surface area contributed by atoms with Gasteiger partial charge in [0.25, 0.3) is 0 Å². The Kier molecular flexibility index (Phi) is 3.76. The molecule has 0 aliphatic heterocycles. The molecule has 106 valence electrons. The zero-order chi connectivity index (χ0) is 14.1. The average Bonchev–Trinajstić information content (AvgIpc) is 2.77. The number of nitrogens with two attached hydrogens (primary N) is 1. The van der Waals surface area contributed by atoms with Crippen LogP contribution in [0.1, 0.15) is 65.0 Å². The van der Waals surface area contributed by atoms with Crippen molar-refractivity contribution < 1.29 is 4.74 Å². The van der Waals surface area contributed by atoms with E-state index >= 15 is 0 Å². The highest BCUT2D eigenvalue weighted by molar-refractivity contribution is 5.22. The second-order valence-corrected chi connectivity index (χ2v) is 6.23. The summed E-state index contributed by atoms with van der Waals surface area (Å²) in [5.41, 5.74) is 5.36. The quantitative estimate of drug-likeness (QED) is 0.908. The number of ether oxygens (including phenoxy) is 1. The Balaban J connectivity index is 2.46. The van der Waals surface area contributed by atoms with Crippen LogP contribution in [0.25, 0.3) is 0 Å². The van der Waals surface area contributed by atoms with E-state index in [1.807, 2.05) is 6.92 Å². The Labute approximate surface area is 115 Å². The van der Waals surface area contributed by atoms with Crippen LogP contribution in [0.2, 0.25) is 0 Å². The highest BCUT2D eigenvalue weighted by Crippen LogP contribution is 2.41. The Morgan fingerprint density at radius 3 is 2.32 bits per heavy atom. The molecule has 5 nitrogen and oxygen atoms in total. The first-order valence-corrected chi connectivity index (χ1v) is 7.04. The maximum absolute atomic E-state index is 5.99. The molecule has 1 saturated carbocycles. The van der Waals surface area contributed by atoms with Crippen molar-refractivity contribution in [1.29, 1.82) is 0 Å². The van der Waals surface area contributed by atoms with E-state index in [1.165, 1.54) is 0 Å². The monoisotopic (exact) mass is 264 g/mol. The van der Waals surface area contributed by atoms with Gasteiger partial charge in [-0.05, 0) is 32.6 Å². The van der Waals surface area contributed by atoms with Gasteiger partial charge in [0.15, 0.2) is 5.82 Å². The summed E-state index contributed by atoms with van der Waals surface area (Å²) in [5, 5.41) is 0. The van der Waals surface area contributed by atoms with Gasteiger partial charge >= 0.3 is 0 Å². The predicted octanol–water partition coefficient (Wildman–Crippen LogP) is 2.56. The van der Waals surface area contributed by atoms with E-state index in [9.17, 15) is 0 Å². The molecule has 1 aliphatic carbocycles. The van der Waals surface area contributed by atoms with Gasteiger partial charge in [0.2, 0.25) is 5.95 Å². The second kappa shape index (κ2) is 5.04. The SMILES string of the molecule is CCOC1(c2nc(N)nc(C(C)(C)C)n2)CCCC1. The van der Waals surface area contributed by atoms with Crippen molar-refractivity contribution in [3.05, 3.63) is 11.6 Å². The Hall–Kier alpha value is -1.23. The second-order valence-electron chi connectivity index (χ2n) is 6.23. The molecule has 5 heteroatoms. The number of hydrogen-bond donors (Lipinski definition) is 1. The van der Waals surface area contributed by atoms with Crippen LogP contribution < -0.4 is 5.73 Å². The molecule has 1 heterocycles. The first kappa shape index (κ1) is 14.2. The Morgan fingerprint density at radius 1 is 1.16 bits per heavy atom. The number of nitrogens with zero attached hydrogens (tertiary/aromatic N) is 3. The van der Waals surface area contributed by atoms with Gasteiger partial charge in [-0.1, -0.05) is 20.8 Å². The third-order valence-corrected chi connectivity index (χ3v) is 3.56. The van der Waals surface area contributed by atoms with Gasteiger partial charge in [-0.3, -0.25) is 0 Å². The highest BCUT2D eigenvalue weighted by Gasteiger charge is 2.40. The minimum Gasteiger partial charge on any atom is -0.368 e. The molecule has 0 atom stereocenters. The number of anilines is 1. The highest BCUT2D eigenvalue weighted by atomic mass is 16.5. The fourth-order valence-electron chi connectivity index (χ4n) is 2.59. The smallest absolute Gasteiger partial charge is 0.223 e. The molecule has 1 aromatic rings. The molecule has 2 rings (SSSR count). The van der Waals surface area contributed by atoms with E-state index in [-0.39, 0.29) is 11.0 Å².